The predicted octanol–water partition coefficient (Wildman–Crippen LogP) is 3.51. The van der Waals surface area contributed by atoms with Gasteiger partial charge in [0.15, 0.2) is 6.61 Å². The second kappa shape index (κ2) is 7.65. The molecule has 1 heterocycles. The lowest BCUT2D eigenvalue weighted by atomic mass is 10.2. The van der Waals surface area contributed by atoms with Gasteiger partial charge in [0, 0.05) is 17.4 Å². The van der Waals surface area contributed by atoms with Crippen LogP contribution < -0.4 is 10.1 Å². The standard InChI is InChI=1S/C18H17BrFN3O2/c1-11-8-13(3-4-14(11)19)25-10-18(24)21-7-6-17-22-15-5-2-12(20)9-16(15)23-17/h2-5,8-9H,6-7,10H2,1H3,(H,21,24)(H,22,23). The maximum Gasteiger partial charge on any atom is 0.257 e. The number of carbonyl (C=O) groups excluding carboxylic acids is 1. The average molecular weight is 406 g/mol. The highest BCUT2D eigenvalue weighted by Gasteiger charge is 2.06. The maximum atomic E-state index is 13.2. The lowest BCUT2D eigenvalue weighted by Crippen LogP contribution is -2.30. The number of fused-ring (bicyclic) bond motifs is 1. The summed E-state index contributed by atoms with van der Waals surface area (Å²) in [6.45, 7) is 2.33. The van der Waals surface area contributed by atoms with Gasteiger partial charge in [0.05, 0.1) is 11.0 Å². The van der Waals surface area contributed by atoms with Gasteiger partial charge >= 0.3 is 0 Å². The van der Waals surface area contributed by atoms with Crippen molar-refractivity contribution in [3.8, 4) is 5.75 Å². The number of halogens is 2. The van der Waals surface area contributed by atoms with E-state index >= 15 is 0 Å². The molecule has 0 saturated carbocycles. The molecular formula is C18H17BrFN3O2. The molecule has 7 heteroatoms. The Bertz CT molecular complexity index is 910. The molecule has 2 N–H and O–H groups in total. The zero-order valence-corrected chi connectivity index (χ0v) is 15.2. The number of ether oxygens (including phenoxy) is 1. The Labute approximate surface area is 152 Å². The number of carbonyl (C=O) groups is 1. The van der Waals surface area contributed by atoms with E-state index in [1.807, 2.05) is 19.1 Å². The van der Waals surface area contributed by atoms with Gasteiger partial charge in [-0.15, -0.1) is 0 Å². The van der Waals surface area contributed by atoms with Crippen LogP contribution in [0.4, 0.5) is 4.39 Å². The number of aromatic nitrogens is 2. The van der Waals surface area contributed by atoms with Crippen molar-refractivity contribution >= 4 is 32.9 Å². The molecule has 0 bridgehead atoms. The monoisotopic (exact) mass is 405 g/mol. The van der Waals surface area contributed by atoms with E-state index in [9.17, 15) is 9.18 Å². The quantitative estimate of drug-likeness (QED) is 0.659. The number of aromatic amines is 1. The van der Waals surface area contributed by atoms with Crippen LogP contribution in [0.5, 0.6) is 5.75 Å². The van der Waals surface area contributed by atoms with E-state index < -0.39 is 0 Å². The van der Waals surface area contributed by atoms with Gasteiger partial charge in [0.2, 0.25) is 0 Å². The summed E-state index contributed by atoms with van der Waals surface area (Å²) in [5, 5.41) is 2.78. The number of nitrogens with one attached hydrogen (secondary N) is 2. The normalized spacial score (nSPS) is 10.8. The number of nitrogens with zero attached hydrogens (tertiary/aromatic N) is 1. The third-order valence-corrected chi connectivity index (χ3v) is 4.57. The number of imidazole rings is 1. The van der Waals surface area contributed by atoms with Crippen molar-refractivity contribution in [3.05, 3.63) is 58.1 Å². The van der Waals surface area contributed by atoms with Gasteiger partial charge in [-0.3, -0.25) is 4.79 Å². The van der Waals surface area contributed by atoms with Gasteiger partial charge in [-0.05, 0) is 48.9 Å². The Morgan fingerprint density at radius 2 is 2.16 bits per heavy atom. The molecule has 0 saturated heterocycles. The first-order chi connectivity index (χ1) is 12.0. The van der Waals surface area contributed by atoms with Gasteiger partial charge in [-0.25, -0.2) is 9.37 Å². The van der Waals surface area contributed by atoms with E-state index in [4.69, 9.17) is 4.74 Å². The van der Waals surface area contributed by atoms with Gasteiger partial charge in [-0.1, -0.05) is 15.9 Å². The summed E-state index contributed by atoms with van der Waals surface area (Å²) in [5.41, 5.74) is 2.39. The van der Waals surface area contributed by atoms with Crippen molar-refractivity contribution in [2.24, 2.45) is 0 Å². The van der Waals surface area contributed by atoms with Crippen LogP contribution in [0.3, 0.4) is 0 Å². The highest BCUT2D eigenvalue weighted by molar-refractivity contribution is 9.10. The van der Waals surface area contributed by atoms with Crippen LogP contribution >= 0.6 is 15.9 Å². The number of amides is 1. The topological polar surface area (TPSA) is 67.0 Å². The Morgan fingerprint density at radius 3 is 2.96 bits per heavy atom. The average Bonchev–Trinajstić information content (AvgIpc) is 2.97. The Hall–Kier alpha value is -2.41. The smallest absolute Gasteiger partial charge is 0.257 e. The molecule has 5 nitrogen and oxygen atoms in total. The first-order valence-corrected chi connectivity index (χ1v) is 8.60. The molecule has 1 amide bonds. The summed E-state index contributed by atoms with van der Waals surface area (Å²) in [4.78, 5) is 19.2. The molecule has 0 atom stereocenters. The van der Waals surface area contributed by atoms with E-state index in [1.165, 1.54) is 12.1 Å². The minimum absolute atomic E-state index is 0.0492. The number of H-pyrrole nitrogens is 1. The van der Waals surface area contributed by atoms with E-state index in [1.54, 1.807) is 12.1 Å². The van der Waals surface area contributed by atoms with Crippen molar-refractivity contribution in [2.45, 2.75) is 13.3 Å². The minimum atomic E-state index is -0.309. The minimum Gasteiger partial charge on any atom is -0.484 e. The van der Waals surface area contributed by atoms with E-state index in [0.717, 1.165) is 10.0 Å². The highest BCUT2D eigenvalue weighted by atomic mass is 79.9. The molecule has 0 radical (unpaired) electrons. The maximum absolute atomic E-state index is 13.2. The molecule has 3 rings (SSSR count). The molecule has 0 aliphatic heterocycles. The third-order valence-electron chi connectivity index (χ3n) is 3.68. The number of benzene rings is 2. The molecule has 2 aromatic carbocycles. The number of hydrogen-bond acceptors (Lipinski definition) is 3. The fourth-order valence-corrected chi connectivity index (χ4v) is 2.63. The molecule has 25 heavy (non-hydrogen) atoms. The second-order valence-corrected chi connectivity index (χ2v) is 6.50. The summed E-state index contributed by atoms with van der Waals surface area (Å²) in [6.07, 6.45) is 0.527. The first kappa shape index (κ1) is 17.4. The number of rotatable bonds is 6. The summed E-state index contributed by atoms with van der Waals surface area (Å²) in [6, 6.07) is 9.95. The molecule has 130 valence electrons. The molecule has 3 aromatic rings. The van der Waals surface area contributed by atoms with Gasteiger partial charge in [0.25, 0.3) is 5.91 Å². The summed E-state index contributed by atoms with van der Waals surface area (Å²) >= 11 is 3.42. The Balaban J connectivity index is 1.46. The van der Waals surface area contributed by atoms with Gasteiger partial charge in [-0.2, -0.15) is 0 Å². The largest absolute Gasteiger partial charge is 0.484 e. The highest BCUT2D eigenvalue weighted by Crippen LogP contribution is 2.21. The van der Waals surface area contributed by atoms with E-state index in [-0.39, 0.29) is 18.3 Å². The molecule has 0 unspecified atom stereocenters. The van der Waals surface area contributed by atoms with Crippen LogP contribution in [0.15, 0.2) is 40.9 Å². The Morgan fingerprint density at radius 1 is 1.32 bits per heavy atom. The number of aryl methyl sites for hydroxylation is 1. The van der Waals surface area contributed by atoms with Crippen molar-refractivity contribution in [1.29, 1.82) is 0 Å². The van der Waals surface area contributed by atoms with Crippen molar-refractivity contribution < 1.29 is 13.9 Å². The van der Waals surface area contributed by atoms with E-state index in [0.29, 0.717) is 35.6 Å². The van der Waals surface area contributed by atoms with Crippen LogP contribution in [0.25, 0.3) is 11.0 Å². The zero-order valence-electron chi connectivity index (χ0n) is 13.6. The first-order valence-electron chi connectivity index (χ1n) is 7.81. The summed E-state index contributed by atoms with van der Waals surface area (Å²) in [5.74, 6) is 0.833. The van der Waals surface area contributed by atoms with Crippen LogP contribution in [0.2, 0.25) is 0 Å². The fourth-order valence-electron chi connectivity index (χ4n) is 2.38. The van der Waals surface area contributed by atoms with Crippen LogP contribution in [-0.4, -0.2) is 29.0 Å². The second-order valence-electron chi connectivity index (χ2n) is 5.64. The lowest BCUT2D eigenvalue weighted by molar-refractivity contribution is -0.123. The summed E-state index contributed by atoms with van der Waals surface area (Å²) in [7, 11) is 0. The summed E-state index contributed by atoms with van der Waals surface area (Å²) < 4.78 is 19.6. The Kier molecular flexibility index (Phi) is 5.33. The van der Waals surface area contributed by atoms with Gasteiger partial charge in [0.1, 0.15) is 17.4 Å². The van der Waals surface area contributed by atoms with Crippen LogP contribution in [0, 0.1) is 12.7 Å². The SMILES string of the molecule is Cc1cc(OCC(=O)NCCc2nc3ccc(F)cc3[nH]2)ccc1Br. The molecule has 0 spiro atoms. The molecule has 0 fully saturated rings. The molecule has 0 aliphatic rings. The van der Waals surface area contributed by atoms with Crippen molar-refractivity contribution in [1.82, 2.24) is 15.3 Å². The van der Waals surface area contributed by atoms with Crippen molar-refractivity contribution in [2.75, 3.05) is 13.2 Å². The fraction of sp³-hybridized carbons (Fsp3) is 0.222. The molecular weight excluding hydrogens is 389 g/mol. The third kappa shape index (κ3) is 4.57. The lowest BCUT2D eigenvalue weighted by Gasteiger charge is -2.08. The molecule has 1 aromatic heterocycles. The molecule has 0 aliphatic carbocycles. The number of hydrogen-bond donors (Lipinski definition) is 2. The van der Waals surface area contributed by atoms with Crippen LogP contribution in [0.1, 0.15) is 11.4 Å². The van der Waals surface area contributed by atoms with Crippen LogP contribution in [-0.2, 0) is 11.2 Å². The predicted molar refractivity (Wildman–Crippen MR) is 97.1 cm³/mol. The van der Waals surface area contributed by atoms with Crippen molar-refractivity contribution in [3.63, 3.8) is 0 Å². The van der Waals surface area contributed by atoms with Gasteiger partial charge < -0.3 is 15.0 Å². The zero-order chi connectivity index (χ0) is 17.8. The van der Waals surface area contributed by atoms with E-state index in [2.05, 4.69) is 31.2 Å².